The van der Waals surface area contributed by atoms with E-state index in [0.29, 0.717) is 5.56 Å². The van der Waals surface area contributed by atoms with Crippen LogP contribution in [0.1, 0.15) is 22.2 Å². The summed E-state index contributed by atoms with van der Waals surface area (Å²) in [5.41, 5.74) is 0.395. The average Bonchev–Trinajstić information content (AvgIpc) is 3.28. The van der Waals surface area contributed by atoms with Gasteiger partial charge in [-0.1, -0.05) is 6.07 Å². The molecule has 0 saturated carbocycles. The first-order valence-electron chi connectivity index (χ1n) is 8.17. The highest BCUT2D eigenvalue weighted by atomic mass is 16.5. The molecule has 1 amide bonds. The van der Waals surface area contributed by atoms with Crippen molar-refractivity contribution < 1.29 is 33.7 Å². The van der Waals surface area contributed by atoms with Crippen molar-refractivity contribution in [2.45, 2.75) is 6.04 Å². The number of carbonyl (C=O) groups is 2. The summed E-state index contributed by atoms with van der Waals surface area (Å²) in [4.78, 5) is 26.8. The Morgan fingerprint density at radius 2 is 2.04 bits per heavy atom. The lowest BCUT2D eigenvalue weighted by molar-refractivity contribution is -0.130. The van der Waals surface area contributed by atoms with Crippen molar-refractivity contribution in [3.63, 3.8) is 0 Å². The van der Waals surface area contributed by atoms with Crippen molar-refractivity contribution in [1.29, 1.82) is 0 Å². The number of nitrogens with zero attached hydrogens (tertiary/aromatic N) is 1. The molecule has 27 heavy (non-hydrogen) atoms. The van der Waals surface area contributed by atoms with Gasteiger partial charge in [-0.05, 0) is 29.8 Å². The number of Topliss-reactive ketones (excluding diaryl/α,β-unsaturated/α-hetero) is 1. The van der Waals surface area contributed by atoms with Gasteiger partial charge in [0, 0.05) is 13.7 Å². The minimum absolute atomic E-state index is 0.00804. The number of methoxy groups -OCH3 is 2. The molecule has 2 aromatic rings. The highest BCUT2D eigenvalue weighted by Gasteiger charge is 2.44. The summed E-state index contributed by atoms with van der Waals surface area (Å²) < 4.78 is 15.3. The predicted molar refractivity (Wildman–Crippen MR) is 93.7 cm³/mol. The quantitative estimate of drug-likeness (QED) is 0.716. The number of benzene rings is 1. The van der Waals surface area contributed by atoms with Crippen LogP contribution in [0.25, 0.3) is 0 Å². The maximum absolute atomic E-state index is 12.9. The third kappa shape index (κ3) is 3.26. The van der Waals surface area contributed by atoms with Gasteiger partial charge in [0.05, 0.1) is 31.6 Å². The molecule has 1 aromatic heterocycles. The van der Waals surface area contributed by atoms with Crippen LogP contribution in [-0.2, 0) is 9.53 Å². The van der Waals surface area contributed by atoms with E-state index in [1.807, 2.05) is 0 Å². The first-order chi connectivity index (χ1) is 13.0. The Balaban J connectivity index is 2.11. The van der Waals surface area contributed by atoms with Crippen LogP contribution in [-0.4, -0.2) is 54.2 Å². The summed E-state index contributed by atoms with van der Waals surface area (Å²) in [7, 11) is 2.88. The van der Waals surface area contributed by atoms with Crippen molar-refractivity contribution in [2.75, 3.05) is 27.4 Å². The number of phenols is 1. The zero-order valence-corrected chi connectivity index (χ0v) is 14.8. The normalized spacial score (nSPS) is 16.9. The minimum atomic E-state index is -0.875. The summed E-state index contributed by atoms with van der Waals surface area (Å²) in [6.45, 7) is 0.370. The number of rotatable bonds is 7. The molecule has 0 unspecified atom stereocenters. The molecule has 1 aromatic carbocycles. The smallest absolute Gasteiger partial charge is 0.290 e. The number of furan rings is 1. The van der Waals surface area contributed by atoms with Crippen molar-refractivity contribution in [3.05, 3.63) is 59.3 Å². The number of phenolic OH excluding ortho intramolecular Hbond substituents is 1. The molecule has 0 aliphatic carbocycles. The molecule has 2 N–H and O–H groups in total. The molecule has 3 rings (SSSR count). The van der Waals surface area contributed by atoms with Crippen molar-refractivity contribution >= 4 is 11.7 Å². The number of carbonyl (C=O) groups excluding carboxylic acids is 2. The van der Waals surface area contributed by atoms with Crippen LogP contribution < -0.4 is 4.74 Å². The second-order valence-corrected chi connectivity index (χ2v) is 5.89. The van der Waals surface area contributed by atoms with Gasteiger partial charge in [-0.2, -0.15) is 0 Å². The Morgan fingerprint density at radius 1 is 1.26 bits per heavy atom. The van der Waals surface area contributed by atoms with E-state index in [4.69, 9.17) is 13.9 Å². The van der Waals surface area contributed by atoms with Crippen molar-refractivity contribution in [2.24, 2.45) is 0 Å². The maximum Gasteiger partial charge on any atom is 0.290 e. The number of hydrogen-bond acceptors (Lipinski definition) is 7. The number of amides is 1. The van der Waals surface area contributed by atoms with Crippen LogP contribution >= 0.6 is 0 Å². The SMILES string of the molecule is COCCN1C(=O)C(O)=C(C(=O)c2ccco2)[C@H]1c1ccc(O)c(OC)c1. The molecule has 1 atom stereocenters. The fourth-order valence-electron chi connectivity index (χ4n) is 3.06. The average molecular weight is 373 g/mol. The molecular formula is C19H19NO7. The van der Waals surface area contributed by atoms with Gasteiger partial charge in [0.2, 0.25) is 5.78 Å². The highest BCUT2D eigenvalue weighted by molar-refractivity contribution is 6.15. The number of hydrogen-bond donors (Lipinski definition) is 2. The zero-order valence-electron chi connectivity index (χ0n) is 14.8. The van der Waals surface area contributed by atoms with Gasteiger partial charge in [0.15, 0.2) is 23.0 Å². The van der Waals surface area contributed by atoms with Crippen LogP contribution in [0.3, 0.4) is 0 Å². The summed E-state index contributed by atoms with van der Waals surface area (Å²) in [5, 5.41) is 20.3. The molecule has 0 fully saturated rings. The van der Waals surface area contributed by atoms with Gasteiger partial charge >= 0.3 is 0 Å². The van der Waals surface area contributed by atoms with E-state index in [-0.39, 0.29) is 36.0 Å². The van der Waals surface area contributed by atoms with E-state index < -0.39 is 23.5 Å². The Morgan fingerprint density at radius 3 is 2.67 bits per heavy atom. The van der Waals surface area contributed by atoms with Crippen LogP contribution in [0.15, 0.2) is 52.3 Å². The van der Waals surface area contributed by atoms with E-state index in [0.717, 1.165) is 0 Å². The lowest BCUT2D eigenvalue weighted by atomic mass is 9.94. The molecule has 142 valence electrons. The fraction of sp³-hybridized carbons (Fsp3) is 0.263. The number of ether oxygens (including phenoxy) is 2. The van der Waals surface area contributed by atoms with Gasteiger partial charge in [-0.3, -0.25) is 9.59 Å². The Hall–Kier alpha value is -3.26. The predicted octanol–water partition coefficient (Wildman–Crippen LogP) is 2.22. The van der Waals surface area contributed by atoms with Crippen molar-refractivity contribution in [1.82, 2.24) is 4.90 Å². The van der Waals surface area contributed by atoms with E-state index in [9.17, 15) is 19.8 Å². The molecule has 0 bridgehead atoms. The Bertz CT molecular complexity index is 885. The molecular weight excluding hydrogens is 354 g/mol. The van der Waals surface area contributed by atoms with Gasteiger partial charge < -0.3 is 29.0 Å². The molecule has 1 aliphatic heterocycles. The van der Waals surface area contributed by atoms with Gasteiger partial charge in [-0.15, -0.1) is 0 Å². The van der Waals surface area contributed by atoms with Crippen LogP contribution in [0.4, 0.5) is 0 Å². The van der Waals surface area contributed by atoms with Crippen molar-refractivity contribution in [3.8, 4) is 11.5 Å². The van der Waals surface area contributed by atoms with Crippen LogP contribution in [0.2, 0.25) is 0 Å². The number of aromatic hydroxyl groups is 1. The van der Waals surface area contributed by atoms with E-state index in [1.165, 1.54) is 43.6 Å². The molecule has 0 radical (unpaired) electrons. The third-order valence-corrected chi connectivity index (χ3v) is 4.35. The van der Waals surface area contributed by atoms with Gasteiger partial charge in [0.25, 0.3) is 5.91 Å². The highest BCUT2D eigenvalue weighted by Crippen LogP contribution is 2.41. The molecule has 1 aliphatic rings. The van der Waals surface area contributed by atoms with E-state index in [2.05, 4.69) is 0 Å². The first kappa shape index (κ1) is 18.5. The maximum atomic E-state index is 12.9. The summed E-state index contributed by atoms with van der Waals surface area (Å²) in [6, 6.07) is 6.60. The van der Waals surface area contributed by atoms with Crippen LogP contribution in [0, 0.1) is 0 Å². The lowest BCUT2D eigenvalue weighted by Gasteiger charge is -2.26. The van der Waals surface area contributed by atoms with E-state index >= 15 is 0 Å². The lowest BCUT2D eigenvalue weighted by Crippen LogP contribution is -2.34. The standard InChI is InChI=1S/C19H19NO7/c1-25-9-7-20-16(11-5-6-12(21)14(10-11)26-2)15(18(23)19(20)24)17(22)13-4-3-8-27-13/h3-6,8,10,16,21,23H,7,9H2,1-2H3/t16-/m1/s1. The topological polar surface area (TPSA) is 109 Å². The summed E-state index contributed by atoms with van der Waals surface area (Å²) >= 11 is 0. The minimum Gasteiger partial charge on any atom is -0.504 e. The summed E-state index contributed by atoms with van der Waals surface area (Å²) in [5.74, 6) is -1.80. The summed E-state index contributed by atoms with van der Waals surface area (Å²) in [6.07, 6.45) is 1.34. The van der Waals surface area contributed by atoms with Gasteiger partial charge in [-0.25, -0.2) is 0 Å². The molecule has 8 heteroatoms. The largest absolute Gasteiger partial charge is 0.504 e. The Kier molecular flexibility index (Phi) is 5.18. The molecule has 0 spiro atoms. The molecule has 2 heterocycles. The number of aliphatic hydroxyl groups excluding tert-OH is 1. The second kappa shape index (κ2) is 7.55. The fourth-order valence-corrected chi connectivity index (χ4v) is 3.06. The van der Waals surface area contributed by atoms with Gasteiger partial charge in [0.1, 0.15) is 0 Å². The van der Waals surface area contributed by atoms with Crippen LogP contribution in [0.5, 0.6) is 11.5 Å². The number of ketones is 1. The third-order valence-electron chi connectivity index (χ3n) is 4.35. The zero-order chi connectivity index (χ0) is 19.6. The molecule has 0 saturated heterocycles. The number of aliphatic hydroxyl groups is 1. The Labute approximate surface area is 155 Å². The molecule has 8 nitrogen and oxygen atoms in total. The monoisotopic (exact) mass is 373 g/mol. The van der Waals surface area contributed by atoms with E-state index in [1.54, 1.807) is 12.1 Å². The first-order valence-corrected chi connectivity index (χ1v) is 8.17. The second-order valence-electron chi connectivity index (χ2n) is 5.89.